The lowest BCUT2D eigenvalue weighted by molar-refractivity contribution is -0.122. The van der Waals surface area contributed by atoms with Crippen LogP contribution in [0, 0.1) is 0 Å². The van der Waals surface area contributed by atoms with Crippen LogP contribution in [0.2, 0.25) is 0 Å². The molecule has 2 heterocycles. The molecule has 3 rings (SSSR count). The second-order valence-electron chi connectivity index (χ2n) is 6.28. The Morgan fingerprint density at radius 2 is 1.58 bits per heavy atom. The molecule has 0 radical (unpaired) electrons. The van der Waals surface area contributed by atoms with Crippen molar-refractivity contribution in [1.29, 1.82) is 0 Å². The maximum Gasteiger partial charge on any atom is 0.227 e. The van der Waals surface area contributed by atoms with E-state index in [2.05, 4.69) is 21.4 Å². The average molecular weight is 345 g/mol. The van der Waals surface area contributed by atoms with Crippen LogP contribution < -0.4 is 5.32 Å². The number of nitrogens with zero attached hydrogens (tertiary/aromatic N) is 2. The highest BCUT2D eigenvalue weighted by molar-refractivity contribution is 5.83. The lowest BCUT2D eigenvalue weighted by Crippen LogP contribution is -2.31. The molecular formula is C22H23N3O. The predicted molar refractivity (Wildman–Crippen MR) is 103 cm³/mol. The van der Waals surface area contributed by atoms with Crippen molar-refractivity contribution >= 4 is 5.91 Å². The van der Waals surface area contributed by atoms with Gasteiger partial charge in [0.05, 0.1) is 5.92 Å². The molecule has 1 amide bonds. The topological polar surface area (TPSA) is 54.9 Å². The maximum absolute atomic E-state index is 12.8. The van der Waals surface area contributed by atoms with E-state index in [4.69, 9.17) is 0 Å². The average Bonchev–Trinajstić information content (AvgIpc) is 2.71. The first kappa shape index (κ1) is 17.8. The molecule has 0 spiro atoms. The molecule has 0 fully saturated rings. The number of hydrogen-bond donors (Lipinski definition) is 1. The number of rotatable bonds is 8. The van der Waals surface area contributed by atoms with Crippen LogP contribution in [-0.4, -0.2) is 22.4 Å². The van der Waals surface area contributed by atoms with E-state index >= 15 is 0 Å². The molecule has 4 heteroatoms. The Balaban J connectivity index is 1.59. The summed E-state index contributed by atoms with van der Waals surface area (Å²) in [5.41, 5.74) is 3.28. The molecule has 3 aromatic rings. The molecule has 1 aromatic carbocycles. The normalized spacial score (nSPS) is 11.7. The molecule has 0 aliphatic rings. The van der Waals surface area contributed by atoms with E-state index in [-0.39, 0.29) is 11.8 Å². The Hall–Kier alpha value is -3.01. The van der Waals surface area contributed by atoms with E-state index in [9.17, 15) is 4.79 Å². The molecule has 4 nitrogen and oxygen atoms in total. The van der Waals surface area contributed by atoms with E-state index in [1.54, 1.807) is 12.4 Å². The minimum Gasteiger partial charge on any atom is -0.356 e. The summed E-state index contributed by atoms with van der Waals surface area (Å²) >= 11 is 0. The zero-order chi connectivity index (χ0) is 18.0. The van der Waals surface area contributed by atoms with Gasteiger partial charge in [-0.1, -0.05) is 42.5 Å². The molecule has 1 unspecified atom stereocenters. The van der Waals surface area contributed by atoms with E-state index in [0.717, 1.165) is 24.0 Å². The van der Waals surface area contributed by atoms with Crippen molar-refractivity contribution in [1.82, 2.24) is 15.3 Å². The first-order valence-electron chi connectivity index (χ1n) is 8.93. The number of hydrogen-bond acceptors (Lipinski definition) is 3. The van der Waals surface area contributed by atoms with Crippen LogP contribution in [0.25, 0.3) is 0 Å². The van der Waals surface area contributed by atoms with Crippen molar-refractivity contribution in [2.75, 3.05) is 6.54 Å². The molecule has 0 aliphatic carbocycles. The van der Waals surface area contributed by atoms with Gasteiger partial charge in [-0.25, -0.2) is 0 Å². The maximum atomic E-state index is 12.8. The third-order valence-electron chi connectivity index (χ3n) is 4.35. The van der Waals surface area contributed by atoms with Crippen molar-refractivity contribution in [3.05, 3.63) is 96.1 Å². The van der Waals surface area contributed by atoms with Gasteiger partial charge in [0.25, 0.3) is 0 Å². The highest BCUT2D eigenvalue weighted by atomic mass is 16.1. The van der Waals surface area contributed by atoms with Crippen molar-refractivity contribution in [2.45, 2.75) is 25.2 Å². The van der Waals surface area contributed by atoms with Crippen LogP contribution in [-0.2, 0) is 17.6 Å². The van der Waals surface area contributed by atoms with Crippen LogP contribution >= 0.6 is 0 Å². The third kappa shape index (κ3) is 5.24. The summed E-state index contributed by atoms with van der Waals surface area (Å²) in [6.07, 6.45) is 9.67. The van der Waals surface area contributed by atoms with Crippen LogP contribution in [0.15, 0.2) is 79.4 Å². The molecule has 0 saturated carbocycles. The van der Waals surface area contributed by atoms with Crippen LogP contribution in [0.3, 0.4) is 0 Å². The molecular weight excluding hydrogens is 322 g/mol. The van der Waals surface area contributed by atoms with Crippen molar-refractivity contribution < 1.29 is 4.79 Å². The first-order valence-corrected chi connectivity index (χ1v) is 8.93. The summed E-state index contributed by atoms with van der Waals surface area (Å²) in [5, 5.41) is 3.09. The molecule has 1 atom stereocenters. The summed E-state index contributed by atoms with van der Waals surface area (Å²) in [7, 11) is 0. The molecule has 132 valence electrons. The summed E-state index contributed by atoms with van der Waals surface area (Å²) in [6, 6.07) is 17.9. The van der Waals surface area contributed by atoms with E-state index in [0.29, 0.717) is 13.0 Å². The monoisotopic (exact) mass is 345 g/mol. The van der Waals surface area contributed by atoms with Gasteiger partial charge in [0, 0.05) is 31.3 Å². The standard InChI is InChI=1S/C22H23N3O/c26-22(25-14-6-8-18-7-4-12-23-16-18)21(20-10-2-1-3-11-20)15-19-9-5-13-24-17-19/h1-5,7,9-13,16-17,21H,6,8,14-15H2,(H,25,26). The zero-order valence-corrected chi connectivity index (χ0v) is 14.7. The lowest BCUT2D eigenvalue weighted by atomic mass is 9.91. The van der Waals surface area contributed by atoms with Crippen molar-refractivity contribution in [3.63, 3.8) is 0 Å². The summed E-state index contributed by atoms with van der Waals surface area (Å²) in [6.45, 7) is 0.657. The zero-order valence-electron chi connectivity index (χ0n) is 14.7. The quantitative estimate of drug-likeness (QED) is 0.635. The van der Waals surface area contributed by atoms with Gasteiger partial charge in [-0.05, 0) is 48.1 Å². The Morgan fingerprint density at radius 3 is 2.23 bits per heavy atom. The number of pyridine rings is 2. The number of benzene rings is 1. The number of amides is 1. The van der Waals surface area contributed by atoms with Crippen LogP contribution in [0.4, 0.5) is 0 Å². The van der Waals surface area contributed by atoms with Gasteiger partial charge in [-0.3, -0.25) is 14.8 Å². The van der Waals surface area contributed by atoms with Gasteiger partial charge < -0.3 is 5.32 Å². The Labute approximate surface area is 154 Å². The van der Waals surface area contributed by atoms with Crippen molar-refractivity contribution in [3.8, 4) is 0 Å². The fraction of sp³-hybridized carbons (Fsp3) is 0.227. The number of aromatic nitrogens is 2. The first-order chi connectivity index (χ1) is 12.8. The smallest absolute Gasteiger partial charge is 0.227 e. The minimum atomic E-state index is -0.209. The van der Waals surface area contributed by atoms with Crippen LogP contribution in [0.5, 0.6) is 0 Å². The van der Waals surface area contributed by atoms with Gasteiger partial charge in [0.15, 0.2) is 0 Å². The Kier molecular flexibility index (Phi) is 6.48. The number of nitrogens with one attached hydrogen (secondary N) is 1. The predicted octanol–water partition coefficient (Wildman–Crippen LogP) is 3.55. The fourth-order valence-electron chi connectivity index (χ4n) is 2.98. The molecule has 2 aromatic heterocycles. The molecule has 26 heavy (non-hydrogen) atoms. The minimum absolute atomic E-state index is 0.0613. The van der Waals surface area contributed by atoms with E-state index in [1.165, 1.54) is 5.56 Å². The highest BCUT2D eigenvalue weighted by Crippen LogP contribution is 2.21. The van der Waals surface area contributed by atoms with Gasteiger partial charge in [0.2, 0.25) is 5.91 Å². The molecule has 0 aliphatic heterocycles. The molecule has 1 N–H and O–H groups in total. The largest absolute Gasteiger partial charge is 0.356 e. The second kappa shape index (κ2) is 9.47. The van der Waals surface area contributed by atoms with Gasteiger partial charge in [-0.2, -0.15) is 0 Å². The van der Waals surface area contributed by atoms with Gasteiger partial charge in [0.1, 0.15) is 0 Å². The lowest BCUT2D eigenvalue weighted by Gasteiger charge is -2.17. The SMILES string of the molecule is O=C(NCCCc1cccnc1)C(Cc1cccnc1)c1ccccc1. The van der Waals surface area contributed by atoms with E-state index in [1.807, 2.05) is 60.9 Å². The third-order valence-corrected chi connectivity index (χ3v) is 4.35. The van der Waals surface area contributed by atoms with E-state index < -0.39 is 0 Å². The Bertz CT molecular complexity index is 791. The highest BCUT2D eigenvalue weighted by Gasteiger charge is 2.20. The number of aryl methyl sites for hydroxylation is 1. The molecule has 0 bridgehead atoms. The number of carbonyl (C=O) groups is 1. The summed E-state index contributed by atoms with van der Waals surface area (Å²) in [5.74, 6) is -0.148. The summed E-state index contributed by atoms with van der Waals surface area (Å²) < 4.78 is 0. The van der Waals surface area contributed by atoms with Gasteiger partial charge in [-0.15, -0.1) is 0 Å². The van der Waals surface area contributed by atoms with Crippen LogP contribution in [0.1, 0.15) is 29.0 Å². The summed E-state index contributed by atoms with van der Waals surface area (Å²) in [4.78, 5) is 21.1. The number of carbonyl (C=O) groups excluding carboxylic acids is 1. The second-order valence-corrected chi connectivity index (χ2v) is 6.28. The van der Waals surface area contributed by atoms with Gasteiger partial charge >= 0.3 is 0 Å². The molecule has 0 saturated heterocycles. The van der Waals surface area contributed by atoms with Crippen molar-refractivity contribution in [2.24, 2.45) is 0 Å². The fourth-order valence-corrected chi connectivity index (χ4v) is 2.98. The Morgan fingerprint density at radius 1 is 0.885 bits per heavy atom.